The van der Waals surface area contributed by atoms with Gasteiger partial charge in [0.25, 0.3) is 11.8 Å². The Kier molecular flexibility index (Phi) is 11.3. The molecule has 1 saturated heterocycles. The number of anilines is 2. The van der Waals surface area contributed by atoms with Crippen LogP contribution in [0.15, 0.2) is 79.0 Å². The number of hydrogen-bond donors (Lipinski definition) is 2. The SMILES string of the molecule is COc1cc(C(=O)N(C)c2ccc(C)cc2OCCCCC(=C=O)N2CCN(C)CC2)ccc1C(=O)Nc1cccc2[nH]c(Cn3ccnc3)nc12. The molecule has 0 bridgehead atoms. The number of nitrogens with one attached hydrogen (secondary N) is 2. The van der Waals surface area contributed by atoms with Gasteiger partial charge < -0.3 is 39.0 Å². The summed E-state index contributed by atoms with van der Waals surface area (Å²) in [5.74, 6) is 3.03. The molecule has 52 heavy (non-hydrogen) atoms. The average molecular weight is 705 g/mol. The molecule has 2 N–H and O–H groups in total. The second-order valence-corrected chi connectivity index (χ2v) is 13.0. The Morgan fingerprint density at radius 1 is 1.04 bits per heavy atom. The molecule has 1 aliphatic rings. The van der Waals surface area contributed by atoms with Crippen LogP contribution in [0.5, 0.6) is 11.5 Å². The molecule has 3 aromatic carbocycles. The van der Waals surface area contributed by atoms with Crippen LogP contribution in [0.25, 0.3) is 11.0 Å². The fourth-order valence-electron chi connectivity index (χ4n) is 6.26. The number of H-pyrrole nitrogens is 1. The zero-order valence-electron chi connectivity index (χ0n) is 30.0. The number of carbonyl (C=O) groups excluding carboxylic acids is 3. The molecule has 0 aliphatic carbocycles. The standard InChI is InChI=1S/C39H44N8O5/c1-27-11-14-33(35(22-27)52-21-6-5-8-29(25-48)47-19-17-44(2)18-20-47)45(3)39(50)28-12-13-30(34(23-28)51-4)38(49)42-32-10-7-9-31-37(32)43-36(41-31)24-46-16-15-40-26-46/h7,9-16,22-23,26H,5-6,8,17-21,24H2,1-4H3,(H,41,43)(H,42,49). The van der Waals surface area contributed by atoms with Crippen molar-refractivity contribution in [2.45, 2.75) is 32.7 Å². The first-order valence-corrected chi connectivity index (χ1v) is 17.4. The Balaban J connectivity index is 1.10. The van der Waals surface area contributed by atoms with Crippen molar-refractivity contribution in [3.63, 3.8) is 0 Å². The Bertz CT molecular complexity index is 2080. The van der Waals surface area contributed by atoms with Gasteiger partial charge >= 0.3 is 0 Å². The quantitative estimate of drug-likeness (QED) is 0.119. The Labute approximate surface area is 302 Å². The van der Waals surface area contributed by atoms with Crippen LogP contribution in [0, 0.1) is 6.92 Å². The van der Waals surface area contributed by atoms with Gasteiger partial charge in [-0.3, -0.25) is 9.59 Å². The van der Waals surface area contributed by atoms with Crippen LogP contribution >= 0.6 is 0 Å². The number of aryl methyl sites for hydroxylation is 1. The van der Waals surface area contributed by atoms with Gasteiger partial charge in [0, 0.05) is 51.2 Å². The fraction of sp³-hybridized carbons (Fsp3) is 0.333. The first-order chi connectivity index (χ1) is 25.2. The molecule has 270 valence electrons. The molecule has 0 spiro atoms. The van der Waals surface area contributed by atoms with Gasteiger partial charge in [0.2, 0.25) is 0 Å². The molecule has 2 amide bonds. The third-order valence-electron chi connectivity index (χ3n) is 9.24. The molecule has 0 radical (unpaired) electrons. The van der Waals surface area contributed by atoms with Crippen LogP contribution in [0.2, 0.25) is 0 Å². The number of allylic oxidation sites excluding steroid dienone is 1. The van der Waals surface area contributed by atoms with Crippen molar-refractivity contribution >= 4 is 40.2 Å². The molecule has 2 aromatic heterocycles. The molecular weight excluding hydrogens is 660 g/mol. The number of methoxy groups -OCH3 is 1. The lowest BCUT2D eigenvalue weighted by Crippen LogP contribution is -2.44. The molecule has 5 aromatic rings. The topological polar surface area (TPSA) is 138 Å². The Hall–Kier alpha value is -5.91. The third kappa shape index (κ3) is 8.34. The average Bonchev–Trinajstić information content (AvgIpc) is 3.83. The molecule has 1 fully saturated rings. The van der Waals surface area contributed by atoms with Gasteiger partial charge in [-0.1, -0.05) is 12.1 Å². The first-order valence-electron chi connectivity index (χ1n) is 17.4. The molecule has 0 saturated carbocycles. The van der Waals surface area contributed by atoms with Crippen LogP contribution in [0.4, 0.5) is 11.4 Å². The Morgan fingerprint density at radius 2 is 1.87 bits per heavy atom. The number of nitrogens with zero attached hydrogens (tertiary/aromatic N) is 6. The largest absolute Gasteiger partial charge is 0.496 e. The number of fused-ring (bicyclic) bond motifs is 1. The van der Waals surface area contributed by atoms with E-state index in [2.05, 4.69) is 38.1 Å². The number of hydrogen-bond acceptors (Lipinski definition) is 9. The van der Waals surface area contributed by atoms with Crippen LogP contribution < -0.4 is 19.7 Å². The number of aromatic nitrogens is 4. The smallest absolute Gasteiger partial charge is 0.259 e. The molecule has 0 atom stereocenters. The number of unbranched alkanes of at least 4 members (excludes halogenated alkanes) is 1. The summed E-state index contributed by atoms with van der Waals surface area (Å²) in [5.41, 5.74) is 4.90. The van der Waals surface area contributed by atoms with Crippen LogP contribution in [0.3, 0.4) is 0 Å². The molecule has 1 aliphatic heterocycles. The molecule has 3 heterocycles. The maximum atomic E-state index is 13.8. The second kappa shape index (κ2) is 16.4. The predicted octanol–water partition coefficient (Wildman–Crippen LogP) is 5.17. The normalized spacial score (nSPS) is 13.1. The number of benzene rings is 3. The summed E-state index contributed by atoms with van der Waals surface area (Å²) in [6, 6.07) is 16.0. The number of piperazine rings is 1. The van der Waals surface area contributed by atoms with Gasteiger partial charge in [-0.25, -0.2) is 14.8 Å². The summed E-state index contributed by atoms with van der Waals surface area (Å²) in [4.78, 5) is 56.9. The van der Waals surface area contributed by atoms with E-state index in [1.54, 1.807) is 43.8 Å². The minimum Gasteiger partial charge on any atom is -0.496 e. The first kappa shape index (κ1) is 35.9. The van der Waals surface area contributed by atoms with Crippen molar-refractivity contribution in [3.8, 4) is 11.5 Å². The van der Waals surface area contributed by atoms with E-state index in [0.717, 1.165) is 61.6 Å². The van der Waals surface area contributed by atoms with E-state index in [-0.39, 0.29) is 17.2 Å². The van der Waals surface area contributed by atoms with E-state index >= 15 is 0 Å². The molecule has 13 heteroatoms. The van der Waals surface area contributed by atoms with E-state index in [1.807, 2.05) is 48.0 Å². The number of amides is 2. The summed E-state index contributed by atoms with van der Waals surface area (Å²) >= 11 is 0. The van der Waals surface area contributed by atoms with Gasteiger partial charge in [-0.15, -0.1) is 0 Å². The maximum Gasteiger partial charge on any atom is 0.259 e. The molecule has 6 rings (SSSR count). The van der Waals surface area contributed by atoms with Crippen LogP contribution in [0.1, 0.15) is 51.4 Å². The highest BCUT2D eigenvalue weighted by molar-refractivity contribution is 6.11. The highest BCUT2D eigenvalue weighted by Crippen LogP contribution is 2.32. The zero-order chi connectivity index (χ0) is 36.6. The summed E-state index contributed by atoms with van der Waals surface area (Å²) < 4.78 is 13.7. The highest BCUT2D eigenvalue weighted by Gasteiger charge is 2.22. The van der Waals surface area contributed by atoms with Crippen molar-refractivity contribution in [2.75, 3.05) is 64.2 Å². The monoisotopic (exact) mass is 704 g/mol. The number of aromatic amines is 1. The number of carbonyl (C=O) groups is 2. The lowest BCUT2D eigenvalue weighted by molar-refractivity contribution is 0.0987. The highest BCUT2D eigenvalue weighted by atomic mass is 16.5. The fourth-order valence-corrected chi connectivity index (χ4v) is 6.26. The minimum absolute atomic E-state index is 0.257. The summed E-state index contributed by atoms with van der Waals surface area (Å²) in [6.45, 7) is 6.45. The summed E-state index contributed by atoms with van der Waals surface area (Å²) in [7, 11) is 5.24. The third-order valence-corrected chi connectivity index (χ3v) is 9.24. The predicted molar refractivity (Wildman–Crippen MR) is 200 cm³/mol. The van der Waals surface area contributed by atoms with Gasteiger partial charge in [-0.05, 0) is 81.3 Å². The Morgan fingerprint density at radius 3 is 2.62 bits per heavy atom. The van der Waals surface area contributed by atoms with Crippen molar-refractivity contribution in [3.05, 3.63) is 102 Å². The number of para-hydroxylation sites is 1. The van der Waals surface area contributed by atoms with Crippen molar-refractivity contribution in [2.24, 2.45) is 0 Å². The molecular formula is C39H44N8O5. The van der Waals surface area contributed by atoms with E-state index < -0.39 is 5.91 Å². The number of likely N-dealkylation sites (N-methyl/N-ethyl adjacent to an activating group) is 1. The number of rotatable bonds is 14. The van der Waals surface area contributed by atoms with Crippen LogP contribution in [-0.2, 0) is 11.3 Å². The zero-order valence-corrected chi connectivity index (χ0v) is 30.0. The molecule has 13 nitrogen and oxygen atoms in total. The minimum atomic E-state index is -0.399. The number of ether oxygens (including phenoxy) is 2. The summed E-state index contributed by atoms with van der Waals surface area (Å²) in [6.07, 6.45) is 7.45. The van der Waals surface area contributed by atoms with Crippen LogP contribution in [-0.4, -0.2) is 101 Å². The van der Waals surface area contributed by atoms with Gasteiger partial charge in [0.05, 0.1) is 54.7 Å². The van der Waals surface area contributed by atoms with Gasteiger partial charge in [-0.2, -0.15) is 0 Å². The van der Waals surface area contributed by atoms with E-state index in [1.165, 1.54) is 12.0 Å². The van der Waals surface area contributed by atoms with E-state index in [9.17, 15) is 14.4 Å². The maximum absolute atomic E-state index is 13.8. The lowest BCUT2D eigenvalue weighted by Gasteiger charge is -2.34. The van der Waals surface area contributed by atoms with Gasteiger partial charge in [0.15, 0.2) is 0 Å². The van der Waals surface area contributed by atoms with Crippen molar-refractivity contribution < 1.29 is 23.9 Å². The van der Waals surface area contributed by atoms with E-state index in [4.69, 9.17) is 14.5 Å². The van der Waals surface area contributed by atoms with Gasteiger partial charge in [0.1, 0.15) is 28.8 Å². The van der Waals surface area contributed by atoms with Crippen molar-refractivity contribution in [1.82, 2.24) is 29.3 Å². The number of imidazole rings is 2. The van der Waals surface area contributed by atoms with Crippen molar-refractivity contribution in [1.29, 1.82) is 0 Å². The van der Waals surface area contributed by atoms with E-state index in [0.29, 0.717) is 47.8 Å². The molecule has 0 unspecified atom stereocenters. The lowest BCUT2D eigenvalue weighted by atomic mass is 10.1. The second-order valence-electron chi connectivity index (χ2n) is 13.0. The summed E-state index contributed by atoms with van der Waals surface area (Å²) in [5, 5.41) is 2.96.